The molecule has 15 heavy (non-hydrogen) atoms. The maximum absolute atomic E-state index is 13.5. The molecule has 0 saturated carbocycles. The highest BCUT2D eigenvalue weighted by atomic mass is 28.4. The largest absolute Gasteiger partial charge is 0.474 e. The Bertz CT molecular complexity index is 293. The number of hydrogen-bond acceptors (Lipinski definition) is 0. The Kier molecular flexibility index (Phi) is 2.75. The molecule has 0 fully saturated rings. The third-order valence-corrected chi connectivity index (χ3v) is 3.93. The topological polar surface area (TPSA) is 0 Å². The molecule has 86 valence electrons. The van der Waals surface area contributed by atoms with Crippen LogP contribution in [0.15, 0.2) is 22.5 Å². The van der Waals surface area contributed by atoms with E-state index in [0.717, 1.165) is 11.1 Å². The fourth-order valence-corrected chi connectivity index (χ4v) is 3.85. The molecule has 0 aliphatic carbocycles. The number of halogens is 2. The van der Waals surface area contributed by atoms with Crippen LogP contribution in [0.3, 0.4) is 0 Å². The second-order valence-corrected chi connectivity index (χ2v) is 8.22. The van der Waals surface area contributed by atoms with Crippen molar-refractivity contribution in [3.05, 3.63) is 22.5 Å². The molecule has 0 N–H and O–H groups in total. The van der Waals surface area contributed by atoms with Crippen molar-refractivity contribution < 1.29 is 8.22 Å². The highest BCUT2D eigenvalue weighted by Crippen LogP contribution is 2.46. The first-order valence-corrected chi connectivity index (χ1v) is 7.19. The summed E-state index contributed by atoms with van der Waals surface area (Å²) >= 11 is 0. The van der Waals surface area contributed by atoms with Crippen molar-refractivity contribution >= 4 is 8.74 Å². The molecule has 0 bridgehead atoms. The Balaban J connectivity index is 3.24. The summed E-state index contributed by atoms with van der Waals surface area (Å²) in [4.78, 5) is 0. The fraction of sp³-hybridized carbons (Fsp3) is 0.667. The van der Waals surface area contributed by atoms with Crippen LogP contribution < -0.4 is 0 Å². The Hall–Kier alpha value is -0.443. The van der Waals surface area contributed by atoms with Gasteiger partial charge in [0.1, 0.15) is 0 Å². The van der Waals surface area contributed by atoms with E-state index in [1.54, 1.807) is 0 Å². The van der Waals surface area contributed by atoms with E-state index in [4.69, 9.17) is 0 Å². The lowest BCUT2D eigenvalue weighted by atomic mass is 9.74. The predicted octanol–water partition coefficient (Wildman–Crippen LogP) is 4.40. The van der Waals surface area contributed by atoms with Gasteiger partial charge in [0.2, 0.25) is 0 Å². The van der Waals surface area contributed by atoms with Gasteiger partial charge in [-0.05, 0) is 33.4 Å². The molecule has 0 aromatic heterocycles. The second-order valence-electron chi connectivity index (χ2n) is 6.29. The molecule has 0 atom stereocenters. The smallest absolute Gasteiger partial charge is 0.261 e. The van der Waals surface area contributed by atoms with Gasteiger partial charge in [0.25, 0.3) is 0 Å². The maximum atomic E-state index is 13.5. The molecule has 0 radical (unpaired) electrons. The summed E-state index contributed by atoms with van der Waals surface area (Å²) in [5.74, 6) is 0. The summed E-state index contributed by atoms with van der Waals surface area (Å²) in [6.45, 7) is 12.0. The average Bonchev–Trinajstić information content (AvgIpc) is 2.23. The summed E-state index contributed by atoms with van der Waals surface area (Å²) in [5.41, 5.74) is 3.79. The van der Waals surface area contributed by atoms with Gasteiger partial charge in [0, 0.05) is 0 Å². The van der Waals surface area contributed by atoms with E-state index < -0.39 is 8.74 Å². The van der Waals surface area contributed by atoms with Crippen molar-refractivity contribution in [2.45, 2.75) is 41.5 Å². The highest BCUT2D eigenvalue weighted by Gasteiger charge is 2.43. The predicted molar refractivity (Wildman–Crippen MR) is 63.0 cm³/mol. The minimum atomic E-state index is -4.21. The summed E-state index contributed by atoms with van der Waals surface area (Å²) in [6.07, 6.45) is 0. The zero-order chi connectivity index (χ0) is 12.1. The van der Waals surface area contributed by atoms with Crippen molar-refractivity contribution in [3.63, 3.8) is 0 Å². The number of allylic oxidation sites excluding steroid dienone is 2. The van der Waals surface area contributed by atoms with E-state index in [-0.39, 0.29) is 10.8 Å². The Morgan fingerprint density at radius 1 is 0.800 bits per heavy atom. The van der Waals surface area contributed by atoms with Crippen LogP contribution in [-0.4, -0.2) is 8.74 Å². The Morgan fingerprint density at radius 3 is 1.27 bits per heavy atom. The minimum Gasteiger partial charge on any atom is -0.261 e. The van der Waals surface area contributed by atoms with Crippen molar-refractivity contribution in [2.75, 3.05) is 0 Å². The van der Waals surface area contributed by atoms with E-state index in [2.05, 4.69) is 0 Å². The zero-order valence-electron chi connectivity index (χ0n) is 10.4. The van der Waals surface area contributed by atoms with Crippen LogP contribution in [-0.2, 0) is 0 Å². The van der Waals surface area contributed by atoms with Crippen LogP contribution in [0, 0.1) is 10.8 Å². The van der Waals surface area contributed by atoms with Crippen LogP contribution in [0.25, 0.3) is 0 Å². The van der Waals surface area contributed by atoms with Gasteiger partial charge < -0.3 is 0 Å². The fourth-order valence-electron chi connectivity index (χ4n) is 1.82. The highest BCUT2D eigenvalue weighted by molar-refractivity contribution is 6.77. The number of hydrogen-bond donors (Lipinski definition) is 0. The third-order valence-electron chi connectivity index (χ3n) is 2.58. The normalized spacial score (nSPS) is 21.3. The van der Waals surface area contributed by atoms with Crippen LogP contribution in [0.2, 0.25) is 0 Å². The lowest BCUT2D eigenvalue weighted by Crippen LogP contribution is -2.18. The molecule has 1 aliphatic heterocycles. The molecular formula is C12H20F2Si. The molecule has 0 saturated heterocycles. The molecular weight excluding hydrogens is 210 g/mol. The van der Waals surface area contributed by atoms with E-state index in [0.29, 0.717) is 0 Å². The van der Waals surface area contributed by atoms with Crippen molar-refractivity contribution in [1.82, 2.24) is 0 Å². The van der Waals surface area contributed by atoms with Gasteiger partial charge in [-0.2, -0.15) is 0 Å². The zero-order valence-corrected chi connectivity index (χ0v) is 11.4. The van der Waals surface area contributed by atoms with Gasteiger partial charge in [-0.1, -0.05) is 41.5 Å². The van der Waals surface area contributed by atoms with Gasteiger partial charge in [-0.3, -0.25) is 8.22 Å². The lowest BCUT2D eigenvalue weighted by Gasteiger charge is -2.30. The molecule has 1 heterocycles. The van der Waals surface area contributed by atoms with E-state index in [1.807, 2.05) is 41.5 Å². The standard InChI is InChI=1S/C12H20F2Si/c1-11(2,3)9-7-15(13,14)8-10(9)12(4,5)6/h7-8H,1-6H3. The van der Waals surface area contributed by atoms with Crippen LogP contribution >= 0.6 is 0 Å². The van der Waals surface area contributed by atoms with Crippen molar-refractivity contribution in [2.24, 2.45) is 10.8 Å². The molecule has 0 spiro atoms. The first-order valence-electron chi connectivity index (χ1n) is 5.28. The van der Waals surface area contributed by atoms with E-state index in [1.165, 1.54) is 11.4 Å². The van der Waals surface area contributed by atoms with Crippen LogP contribution in [0.5, 0.6) is 0 Å². The summed E-state index contributed by atoms with van der Waals surface area (Å²) in [6, 6.07) is 0. The lowest BCUT2D eigenvalue weighted by molar-refractivity contribution is 0.449. The molecule has 0 amide bonds. The van der Waals surface area contributed by atoms with Gasteiger partial charge in [-0.15, -0.1) is 0 Å². The molecule has 0 aromatic rings. The van der Waals surface area contributed by atoms with Gasteiger partial charge in [0.15, 0.2) is 0 Å². The second kappa shape index (κ2) is 3.27. The molecule has 0 nitrogen and oxygen atoms in total. The van der Waals surface area contributed by atoms with Crippen LogP contribution in [0.1, 0.15) is 41.5 Å². The number of rotatable bonds is 0. The first kappa shape index (κ1) is 12.6. The molecule has 0 unspecified atom stereocenters. The maximum Gasteiger partial charge on any atom is 0.474 e. The average molecular weight is 230 g/mol. The molecule has 1 aliphatic rings. The summed E-state index contributed by atoms with van der Waals surface area (Å²) in [7, 11) is -4.21. The van der Waals surface area contributed by atoms with Gasteiger partial charge in [-0.25, -0.2) is 0 Å². The Labute approximate surface area is 92.4 Å². The van der Waals surface area contributed by atoms with E-state index in [9.17, 15) is 8.22 Å². The summed E-state index contributed by atoms with van der Waals surface area (Å²) in [5, 5.41) is 0. The van der Waals surface area contributed by atoms with Crippen molar-refractivity contribution in [1.29, 1.82) is 0 Å². The molecule has 1 rings (SSSR count). The Morgan fingerprint density at radius 2 is 1.07 bits per heavy atom. The van der Waals surface area contributed by atoms with Crippen LogP contribution in [0.4, 0.5) is 8.22 Å². The van der Waals surface area contributed by atoms with Gasteiger partial charge in [0.05, 0.1) is 0 Å². The summed E-state index contributed by atoms with van der Waals surface area (Å²) < 4.78 is 27.0. The minimum absolute atomic E-state index is 0.188. The van der Waals surface area contributed by atoms with Crippen molar-refractivity contribution in [3.8, 4) is 0 Å². The first-order chi connectivity index (χ1) is 6.43. The quantitative estimate of drug-likeness (QED) is 0.427. The molecule has 0 aromatic carbocycles. The third kappa shape index (κ3) is 2.77. The monoisotopic (exact) mass is 230 g/mol. The van der Waals surface area contributed by atoms with E-state index >= 15 is 0 Å². The molecule has 3 heteroatoms. The SMILES string of the molecule is CC(C)(C)C1=C[Si](F)(F)C=C1C(C)(C)C. The van der Waals surface area contributed by atoms with Gasteiger partial charge >= 0.3 is 8.74 Å².